The zero-order valence-corrected chi connectivity index (χ0v) is 25.9. The molecule has 0 unspecified atom stereocenters. The van der Waals surface area contributed by atoms with Crippen LogP contribution in [0.15, 0.2) is 130 Å². The summed E-state index contributed by atoms with van der Waals surface area (Å²) in [7, 11) is 0. The Bertz CT molecular complexity index is 2620. The number of hydrogen-bond donors (Lipinski definition) is 4. The smallest absolute Gasteiger partial charge is 0.259 e. The third-order valence-electron chi connectivity index (χ3n) is 8.32. The highest BCUT2D eigenvalue weighted by Gasteiger charge is 2.34. The zero-order valence-electron chi connectivity index (χ0n) is 25.9. The standard InChI is InChI=1S/C38H23N7O5/c46-32-24-15-9-19-28(30(24)33(47)23-14-8-18-27(29(23)32)41-36(48)20-10-2-1-3-11-20)44-45-31(34-39-25-16-6-4-12-21(25)37(49)42-34)35-40-26-17-7-5-13-22(26)38(50)43-35/h1-19,44H,(H,41,48)(H,39,42,49)(H,40,43,50). The molecule has 0 radical (unpaired) electrons. The number of nitrogens with one attached hydrogen (secondary N) is 4. The summed E-state index contributed by atoms with van der Waals surface area (Å²) in [6, 6.07) is 31.4. The molecule has 5 aromatic carbocycles. The first-order chi connectivity index (χ1) is 24.4. The van der Waals surface area contributed by atoms with Gasteiger partial charge in [-0.05, 0) is 48.5 Å². The Hall–Kier alpha value is -7.34. The van der Waals surface area contributed by atoms with Crippen LogP contribution in [0, 0.1) is 0 Å². The Balaban J connectivity index is 1.23. The van der Waals surface area contributed by atoms with Gasteiger partial charge in [0.2, 0.25) is 0 Å². The third kappa shape index (κ3) is 5.13. The van der Waals surface area contributed by atoms with Gasteiger partial charge in [-0.3, -0.25) is 29.4 Å². The maximum atomic E-state index is 14.1. The van der Waals surface area contributed by atoms with Crippen molar-refractivity contribution < 1.29 is 14.4 Å². The number of ketones is 2. The van der Waals surface area contributed by atoms with E-state index in [9.17, 15) is 24.0 Å². The number of hydrogen-bond acceptors (Lipinski definition) is 9. The molecule has 7 aromatic rings. The number of fused-ring (bicyclic) bond motifs is 4. The summed E-state index contributed by atoms with van der Waals surface area (Å²) in [5.41, 5.74) is 3.83. The number of rotatable bonds is 6. The van der Waals surface area contributed by atoms with E-state index in [1.807, 2.05) is 0 Å². The third-order valence-corrected chi connectivity index (χ3v) is 8.32. The molecule has 0 spiro atoms. The molecule has 240 valence electrons. The SMILES string of the molecule is O=C(Nc1cccc2c1C(=O)c1cccc(NN=C(c3nc4ccccc4c(=O)[nH]3)c3nc4ccccc4c(=O)[nH]3)c1C2=O)c1ccccc1. The van der Waals surface area contributed by atoms with Gasteiger partial charge >= 0.3 is 0 Å². The van der Waals surface area contributed by atoms with Gasteiger partial charge in [0, 0.05) is 16.7 Å². The molecule has 0 atom stereocenters. The Labute approximate surface area is 281 Å². The summed E-state index contributed by atoms with van der Waals surface area (Å²) in [4.78, 5) is 81.8. The molecule has 12 heteroatoms. The van der Waals surface area contributed by atoms with Crippen molar-refractivity contribution in [3.8, 4) is 0 Å². The molecule has 0 saturated carbocycles. The monoisotopic (exact) mass is 657 g/mol. The van der Waals surface area contributed by atoms with E-state index in [1.54, 1.807) is 103 Å². The highest BCUT2D eigenvalue weighted by molar-refractivity contribution is 6.32. The van der Waals surface area contributed by atoms with Crippen molar-refractivity contribution in [1.82, 2.24) is 19.9 Å². The van der Waals surface area contributed by atoms with Crippen LogP contribution in [0.5, 0.6) is 0 Å². The van der Waals surface area contributed by atoms with E-state index in [-0.39, 0.29) is 51.0 Å². The number of hydrazone groups is 1. The summed E-state index contributed by atoms with van der Waals surface area (Å²) >= 11 is 0. The number of aromatic nitrogens is 4. The first-order valence-corrected chi connectivity index (χ1v) is 15.4. The van der Waals surface area contributed by atoms with Gasteiger partial charge < -0.3 is 15.3 Å². The Morgan fingerprint density at radius 3 is 1.64 bits per heavy atom. The number of para-hydroxylation sites is 2. The number of anilines is 2. The molecule has 0 fully saturated rings. The normalized spacial score (nSPS) is 11.9. The van der Waals surface area contributed by atoms with Crippen molar-refractivity contribution in [2.45, 2.75) is 0 Å². The fourth-order valence-corrected chi connectivity index (χ4v) is 5.95. The van der Waals surface area contributed by atoms with Crippen LogP contribution in [0.1, 0.15) is 53.8 Å². The summed E-state index contributed by atoms with van der Waals surface area (Å²) in [5.74, 6) is -1.37. The molecule has 0 aliphatic heterocycles. The van der Waals surface area contributed by atoms with Crippen LogP contribution >= 0.6 is 0 Å². The lowest BCUT2D eigenvalue weighted by Gasteiger charge is -2.22. The van der Waals surface area contributed by atoms with Crippen molar-refractivity contribution in [3.05, 3.63) is 175 Å². The Kier molecular flexibility index (Phi) is 7.22. The van der Waals surface area contributed by atoms with Crippen LogP contribution in [-0.2, 0) is 0 Å². The van der Waals surface area contributed by atoms with E-state index in [0.29, 0.717) is 27.4 Å². The summed E-state index contributed by atoms with van der Waals surface area (Å²) in [6.45, 7) is 0. The Morgan fingerprint density at radius 1 is 0.560 bits per heavy atom. The zero-order chi connectivity index (χ0) is 34.4. The minimum Gasteiger partial charge on any atom is -0.321 e. The van der Waals surface area contributed by atoms with E-state index in [1.165, 1.54) is 12.1 Å². The van der Waals surface area contributed by atoms with Crippen LogP contribution in [0.4, 0.5) is 11.4 Å². The number of aromatic amines is 2. The lowest BCUT2D eigenvalue weighted by molar-refractivity contribution is 0.0979. The summed E-state index contributed by atoms with van der Waals surface area (Å²) in [6.07, 6.45) is 0. The van der Waals surface area contributed by atoms with Crippen molar-refractivity contribution in [1.29, 1.82) is 0 Å². The topological polar surface area (TPSA) is 179 Å². The molecule has 1 amide bonds. The van der Waals surface area contributed by atoms with Gasteiger partial charge in [-0.15, -0.1) is 0 Å². The molecule has 4 N–H and O–H groups in total. The number of carbonyl (C=O) groups excluding carboxylic acids is 3. The Morgan fingerprint density at radius 2 is 1.06 bits per heavy atom. The quantitative estimate of drug-likeness (QED) is 0.142. The molecule has 1 aliphatic carbocycles. The van der Waals surface area contributed by atoms with Gasteiger partial charge in [0.25, 0.3) is 17.0 Å². The second-order valence-corrected chi connectivity index (χ2v) is 11.4. The van der Waals surface area contributed by atoms with Crippen LogP contribution in [0.2, 0.25) is 0 Å². The molecule has 12 nitrogen and oxygen atoms in total. The number of benzene rings is 5. The van der Waals surface area contributed by atoms with E-state index >= 15 is 0 Å². The molecule has 50 heavy (non-hydrogen) atoms. The molecule has 2 aromatic heterocycles. The fraction of sp³-hybridized carbons (Fsp3) is 0. The number of nitrogens with zero attached hydrogens (tertiary/aromatic N) is 3. The number of amides is 1. The molecule has 0 saturated heterocycles. The van der Waals surface area contributed by atoms with E-state index < -0.39 is 28.6 Å². The van der Waals surface area contributed by atoms with E-state index in [2.05, 4.69) is 35.8 Å². The first-order valence-electron chi connectivity index (χ1n) is 15.4. The van der Waals surface area contributed by atoms with Crippen molar-refractivity contribution in [3.63, 3.8) is 0 Å². The van der Waals surface area contributed by atoms with Gasteiger partial charge in [0.1, 0.15) is 0 Å². The van der Waals surface area contributed by atoms with Gasteiger partial charge in [0.05, 0.1) is 44.3 Å². The lowest BCUT2D eigenvalue weighted by atomic mass is 9.82. The largest absolute Gasteiger partial charge is 0.321 e. The molecule has 1 aliphatic rings. The summed E-state index contributed by atoms with van der Waals surface area (Å²) < 4.78 is 0. The predicted molar refractivity (Wildman–Crippen MR) is 188 cm³/mol. The maximum Gasteiger partial charge on any atom is 0.259 e. The summed E-state index contributed by atoms with van der Waals surface area (Å²) in [5, 5.41) is 8.00. The molecular weight excluding hydrogens is 634 g/mol. The van der Waals surface area contributed by atoms with Crippen LogP contribution in [-0.4, -0.2) is 43.1 Å². The minimum atomic E-state index is -0.472. The van der Waals surface area contributed by atoms with Crippen molar-refractivity contribution >= 4 is 56.4 Å². The lowest BCUT2D eigenvalue weighted by Crippen LogP contribution is -2.25. The maximum absolute atomic E-state index is 14.1. The van der Waals surface area contributed by atoms with Gasteiger partial charge in [-0.1, -0.05) is 66.7 Å². The highest BCUT2D eigenvalue weighted by Crippen LogP contribution is 2.35. The van der Waals surface area contributed by atoms with Crippen LogP contribution in [0.3, 0.4) is 0 Å². The number of H-pyrrole nitrogens is 2. The van der Waals surface area contributed by atoms with Crippen LogP contribution in [0.25, 0.3) is 21.8 Å². The fourth-order valence-electron chi connectivity index (χ4n) is 5.95. The average molecular weight is 658 g/mol. The predicted octanol–water partition coefficient (Wildman–Crippen LogP) is 5.05. The second-order valence-electron chi connectivity index (χ2n) is 11.4. The molecular formula is C38H23N7O5. The van der Waals surface area contributed by atoms with E-state index in [0.717, 1.165) is 0 Å². The molecule has 2 heterocycles. The van der Waals surface area contributed by atoms with Gasteiger partial charge in [-0.2, -0.15) is 5.10 Å². The van der Waals surface area contributed by atoms with E-state index in [4.69, 9.17) is 0 Å². The second kappa shape index (κ2) is 12.0. The van der Waals surface area contributed by atoms with Crippen molar-refractivity contribution in [2.24, 2.45) is 5.10 Å². The molecule has 8 rings (SSSR count). The minimum absolute atomic E-state index is 0.00372. The van der Waals surface area contributed by atoms with Gasteiger partial charge in [-0.25, -0.2) is 9.97 Å². The molecule has 0 bridgehead atoms. The highest BCUT2D eigenvalue weighted by atomic mass is 16.2. The first kappa shape index (κ1) is 30.0. The van der Waals surface area contributed by atoms with Crippen molar-refractivity contribution in [2.75, 3.05) is 10.7 Å². The van der Waals surface area contributed by atoms with Gasteiger partial charge in [0.15, 0.2) is 28.9 Å². The number of carbonyl (C=O) groups is 3. The van der Waals surface area contributed by atoms with Crippen LogP contribution < -0.4 is 21.9 Å². The average Bonchev–Trinajstić information content (AvgIpc) is 3.14.